The molecule has 0 spiro atoms. The van der Waals surface area contributed by atoms with Gasteiger partial charge in [-0.05, 0) is 37.8 Å². The standard InChI is InChI=1S/C16H21N3O/c20-16(6-1-2-7-16)8-5-14-3-4-15(18-13-14)19-11-9-17-10-12-19/h3-4,13,17,20H,1-2,6-7,9-12H2. The van der Waals surface area contributed by atoms with E-state index in [1.54, 1.807) is 0 Å². The molecule has 3 rings (SSSR count). The number of pyridine rings is 1. The molecule has 1 aliphatic carbocycles. The molecule has 1 aromatic heterocycles. The molecular formula is C16H21N3O. The van der Waals surface area contributed by atoms with Gasteiger partial charge < -0.3 is 15.3 Å². The van der Waals surface area contributed by atoms with Gasteiger partial charge in [-0.3, -0.25) is 0 Å². The normalized spacial score (nSPS) is 21.4. The summed E-state index contributed by atoms with van der Waals surface area (Å²) < 4.78 is 0. The van der Waals surface area contributed by atoms with Gasteiger partial charge in [-0.25, -0.2) is 4.98 Å². The number of rotatable bonds is 1. The van der Waals surface area contributed by atoms with Crippen LogP contribution in [-0.2, 0) is 0 Å². The zero-order valence-corrected chi connectivity index (χ0v) is 11.7. The number of aliphatic hydroxyl groups is 1. The first-order valence-electron chi connectivity index (χ1n) is 7.43. The maximum Gasteiger partial charge on any atom is 0.128 e. The minimum Gasteiger partial charge on any atom is -0.378 e. The Balaban J connectivity index is 1.68. The summed E-state index contributed by atoms with van der Waals surface area (Å²) in [5.74, 6) is 7.09. The van der Waals surface area contributed by atoms with Gasteiger partial charge >= 0.3 is 0 Å². The SMILES string of the molecule is OC1(C#Cc2ccc(N3CCNCC3)nc2)CCCC1. The molecule has 4 nitrogen and oxygen atoms in total. The Morgan fingerprint density at radius 2 is 1.95 bits per heavy atom. The van der Waals surface area contributed by atoms with Crippen molar-refractivity contribution in [3.63, 3.8) is 0 Å². The molecule has 2 heterocycles. The summed E-state index contributed by atoms with van der Waals surface area (Å²) in [5, 5.41) is 13.5. The predicted molar refractivity (Wildman–Crippen MR) is 79.6 cm³/mol. The van der Waals surface area contributed by atoms with Gasteiger partial charge in [-0.15, -0.1) is 0 Å². The molecule has 2 fully saturated rings. The van der Waals surface area contributed by atoms with Crippen molar-refractivity contribution in [3.05, 3.63) is 23.9 Å². The zero-order valence-electron chi connectivity index (χ0n) is 11.7. The van der Waals surface area contributed by atoms with Crippen LogP contribution in [0.1, 0.15) is 31.2 Å². The first kappa shape index (κ1) is 13.4. The van der Waals surface area contributed by atoms with Crippen LogP contribution in [0, 0.1) is 11.8 Å². The Labute approximate surface area is 120 Å². The smallest absolute Gasteiger partial charge is 0.128 e. The van der Waals surface area contributed by atoms with Gasteiger partial charge in [0.2, 0.25) is 0 Å². The van der Waals surface area contributed by atoms with Crippen LogP contribution in [-0.4, -0.2) is 41.9 Å². The van der Waals surface area contributed by atoms with E-state index in [9.17, 15) is 5.11 Å². The van der Waals surface area contributed by atoms with Crippen molar-refractivity contribution in [1.82, 2.24) is 10.3 Å². The molecule has 2 N–H and O–H groups in total. The van der Waals surface area contributed by atoms with E-state index in [1.165, 1.54) is 0 Å². The minimum absolute atomic E-state index is 0.767. The van der Waals surface area contributed by atoms with E-state index >= 15 is 0 Å². The highest BCUT2D eigenvalue weighted by Gasteiger charge is 2.28. The summed E-state index contributed by atoms with van der Waals surface area (Å²) >= 11 is 0. The van der Waals surface area contributed by atoms with Crippen LogP contribution < -0.4 is 10.2 Å². The fraction of sp³-hybridized carbons (Fsp3) is 0.562. The summed E-state index contributed by atoms with van der Waals surface area (Å²) in [7, 11) is 0. The molecule has 0 aromatic carbocycles. The molecule has 2 aliphatic rings. The van der Waals surface area contributed by atoms with E-state index in [1.807, 2.05) is 18.3 Å². The Kier molecular flexibility index (Phi) is 3.90. The van der Waals surface area contributed by atoms with Gasteiger partial charge in [0.25, 0.3) is 0 Å². The van der Waals surface area contributed by atoms with Crippen molar-refractivity contribution in [2.75, 3.05) is 31.1 Å². The maximum absolute atomic E-state index is 10.2. The number of piperazine rings is 1. The van der Waals surface area contributed by atoms with Gasteiger partial charge in [0, 0.05) is 37.9 Å². The molecule has 0 bridgehead atoms. The lowest BCUT2D eigenvalue weighted by molar-refractivity contribution is 0.110. The van der Waals surface area contributed by atoms with Crippen molar-refractivity contribution < 1.29 is 5.11 Å². The number of hydrogen-bond donors (Lipinski definition) is 2. The van der Waals surface area contributed by atoms with Crippen LogP contribution >= 0.6 is 0 Å². The van der Waals surface area contributed by atoms with Crippen LogP contribution in [0.5, 0.6) is 0 Å². The molecule has 1 saturated heterocycles. The zero-order chi connectivity index (χ0) is 13.8. The summed E-state index contributed by atoms with van der Waals surface area (Å²) in [6.45, 7) is 4.02. The molecule has 106 valence electrons. The number of nitrogens with one attached hydrogen (secondary N) is 1. The van der Waals surface area contributed by atoms with Gasteiger partial charge in [0.1, 0.15) is 11.4 Å². The van der Waals surface area contributed by atoms with E-state index in [2.05, 4.69) is 27.0 Å². The third kappa shape index (κ3) is 3.12. The number of hydrogen-bond acceptors (Lipinski definition) is 4. The third-order valence-electron chi connectivity index (χ3n) is 4.06. The maximum atomic E-state index is 10.2. The quantitative estimate of drug-likeness (QED) is 0.752. The topological polar surface area (TPSA) is 48.4 Å². The first-order chi connectivity index (χ1) is 9.75. The van der Waals surface area contributed by atoms with E-state index < -0.39 is 5.60 Å². The molecular weight excluding hydrogens is 250 g/mol. The summed E-state index contributed by atoms with van der Waals surface area (Å²) in [4.78, 5) is 6.76. The second kappa shape index (κ2) is 5.82. The van der Waals surface area contributed by atoms with Crippen LogP contribution in [0.2, 0.25) is 0 Å². The molecule has 0 unspecified atom stereocenters. The van der Waals surface area contributed by atoms with Crippen molar-refractivity contribution >= 4 is 5.82 Å². The second-order valence-electron chi connectivity index (χ2n) is 5.63. The monoisotopic (exact) mass is 271 g/mol. The number of aromatic nitrogens is 1. The summed E-state index contributed by atoms with van der Waals surface area (Å²) in [6.07, 6.45) is 5.55. The van der Waals surface area contributed by atoms with Gasteiger partial charge in [0.15, 0.2) is 0 Å². The van der Waals surface area contributed by atoms with E-state index in [-0.39, 0.29) is 0 Å². The Morgan fingerprint density at radius 1 is 1.20 bits per heavy atom. The average Bonchev–Trinajstić information content (AvgIpc) is 2.94. The second-order valence-corrected chi connectivity index (χ2v) is 5.63. The van der Waals surface area contributed by atoms with Gasteiger partial charge in [-0.2, -0.15) is 0 Å². The highest BCUT2D eigenvalue weighted by molar-refractivity contribution is 5.44. The fourth-order valence-electron chi connectivity index (χ4n) is 2.81. The summed E-state index contributed by atoms with van der Waals surface area (Å²) in [6, 6.07) is 4.02. The average molecular weight is 271 g/mol. The van der Waals surface area contributed by atoms with Crippen molar-refractivity contribution in [2.45, 2.75) is 31.3 Å². The van der Waals surface area contributed by atoms with E-state index in [4.69, 9.17) is 0 Å². The van der Waals surface area contributed by atoms with E-state index in [0.29, 0.717) is 0 Å². The number of nitrogens with zero attached hydrogens (tertiary/aromatic N) is 2. The summed E-state index contributed by atoms with van der Waals surface area (Å²) in [5.41, 5.74) is 0.112. The predicted octanol–water partition coefficient (Wildman–Crippen LogP) is 1.15. The molecule has 1 saturated carbocycles. The highest BCUT2D eigenvalue weighted by Crippen LogP contribution is 2.28. The Hall–Kier alpha value is -1.57. The van der Waals surface area contributed by atoms with Crippen LogP contribution in [0.4, 0.5) is 5.82 Å². The Morgan fingerprint density at radius 3 is 2.60 bits per heavy atom. The molecule has 4 heteroatoms. The minimum atomic E-state index is -0.767. The van der Waals surface area contributed by atoms with Gasteiger partial charge in [-0.1, -0.05) is 11.8 Å². The third-order valence-corrected chi connectivity index (χ3v) is 4.06. The highest BCUT2D eigenvalue weighted by atomic mass is 16.3. The lowest BCUT2D eigenvalue weighted by atomic mass is 10.0. The molecule has 1 aliphatic heterocycles. The van der Waals surface area contributed by atoms with E-state index in [0.717, 1.165) is 63.2 Å². The molecule has 1 aromatic rings. The van der Waals surface area contributed by atoms with Crippen molar-refractivity contribution in [3.8, 4) is 11.8 Å². The molecule has 0 atom stereocenters. The van der Waals surface area contributed by atoms with Gasteiger partial charge in [0.05, 0.1) is 0 Å². The molecule has 20 heavy (non-hydrogen) atoms. The lowest BCUT2D eigenvalue weighted by Gasteiger charge is -2.28. The van der Waals surface area contributed by atoms with Crippen LogP contribution in [0.15, 0.2) is 18.3 Å². The van der Waals surface area contributed by atoms with Crippen molar-refractivity contribution in [2.24, 2.45) is 0 Å². The molecule has 0 radical (unpaired) electrons. The fourth-order valence-corrected chi connectivity index (χ4v) is 2.81. The van der Waals surface area contributed by atoms with Crippen LogP contribution in [0.3, 0.4) is 0 Å². The number of anilines is 1. The van der Waals surface area contributed by atoms with Crippen molar-refractivity contribution in [1.29, 1.82) is 0 Å². The Bertz CT molecular complexity index is 503. The first-order valence-corrected chi connectivity index (χ1v) is 7.43. The molecule has 0 amide bonds. The largest absolute Gasteiger partial charge is 0.378 e. The lowest BCUT2D eigenvalue weighted by Crippen LogP contribution is -2.43. The van der Waals surface area contributed by atoms with Crippen LogP contribution in [0.25, 0.3) is 0 Å².